The van der Waals surface area contributed by atoms with E-state index in [1.165, 1.54) is 10.6 Å². The van der Waals surface area contributed by atoms with Gasteiger partial charge in [0, 0.05) is 38.8 Å². The molecular weight excluding hydrogens is 384 g/mol. The van der Waals surface area contributed by atoms with E-state index in [2.05, 4.69) is 10.6 Å². The Morgan fingerprint density at radius 3 is 2.32 bits per heavy atom. The van der Waals surface area contributed by atoms with E-state index in [0.29, 0.717) is 32.7 Å². The number of rotatable bonds is 4. The molecule has 10 heteroatoms. The number of sulfonamides is 1. The lowest BCUT2D eigenvalue weighted by Gasteiger charge is -2.34. The first kappa shape index (κ1) is 22.7. The van der Waals surface area contributed by atoms with Gasteiger partial charge in [0.2, 0.25) is 10.0 Å². The highest BCUT2D eigenvalue weighted by Crippen LogP contribution is 2.19. The summed E-state index contributed by atoms with van der Waals surface area (Å²) in [5.41, 5.74) is -0.553. The number of ether oxygens (including phenoxy) is 1. The number of nitrogens with zero attached hydrogens (tertiary/aromatic N) is 2. The molecule has 2 aliphatic heterocycles. The lowest BCUT2D eigenvalue weighted by atomic mass is 9.98. The van der Waals surface area contributed by atoms with Crippen LogP contribution in [0.2, 0.25) is 0 Å². The number of carbonyl (C=O) groups excluding carboxylic acids is 2. The molecule has 2 heterocycles. The Hall–Kier alpha value is -1.55. The minimum absolute atomic E-state index is 0.118. The predicted molar refractivity (Wildman–Crippen MR) is 107 cm³/mol. The minimum atomic E-state index is -3.13. The van der Waals surface area contributed by atoms with Gasteiger partial charge in [0.25, 0.3) is 0 Å². The minimum Gasteiger partial charge on any atom is -0.444 e. The second-order valence-electron chi connectivity index (χ2n) is 8.72. The van der Waals surface area contributed by atoms with Gasteiger partial charge in [0.1, 0.15) is 5.60 Å². The molecular formula is C18H34N4O5S. The van der Waals surface area contributed by atoms with E-state index in [1.54, 1.807) is 4.90 Å². The average molecular weight is 419 g/mol. The van der Waals surface area contributed by atoms with Gasteiger partial charge in [-0.1, -0.05) is 0 Å². The first-order chi connectivity index (χ1) is 12.9. The molecule has 0 bridgehead atoms. The maximum atomic E-state index is 12.5. The zero-order valence-electron chi connectivity index (χ0n) is 17.4. The van der Waals surface area contributed by atoms with Gasteiger partial charge in [-0.05, 0) is 52.4 Å². The molecule has 1 atom stereocenters. The van der Waals surface area contributed by atoms with E-state index in [-0.39, 0.29) is 18.0 Å². The van der Waals surface area contributed by atoms with Crippen molar-refractivity contribution in [2.45, 2.75) is 58.1 Å². The first-order valence-electron chi connectivity index (χ1n) is 9.91. The van der Waals surface area contributed by atoms with Crippen molar-refractivity contribution in [3.63, 3.8) is 0 Å². The number of carbonyl (C=O) groups is 2. The first-order valence-corrected chi connectivity index (χ1v) is 11.8. The van der Waals surface area contributed by atoms with E-state index in [0.717, 1.165) is 25.7 Å². The average Bonchev–Trinajstić information content (AvgIpc) is 2.57. The van der Waals surface area contributed by atoms with Crippen molar-refractivity contribution in [3.05, 3.63) is 0 Å². The topological polar surface area (TPSA) is 108 Å². The fourth-order valence-corrected chi connectivity index (χ4v) is 4.42. The summed E-state index contributed by atoms with van der Waals surface area (Å²) >= 11 is 0. The van der Waals surface area contributed by atoms with Crippen molar-refractivity contribution in [2.24, 2.45) is 5.92 Å². The van der Waals surface area contributed by atoms with Crippen molar-refractivity contribution in [3.8, 4) is 0 Å². The number of urea groups is 1. The summed E-state index contributed by atoms with van der Waals surface area (Å²) in [6.45, 7) is 8.10. The van der Waals surface area contributed by atoms with Crippen LogP contribution < -0.4 is 10.6 Å². The van der Waals surface area contributed by atoms with Crippen molar-refractivity contribution < 1.29 is 22.7 Å². The third-order valence-electron chi connectivity index (χ3n) is 5.01. The highest BCUT2D eigenvalue weighted by molar-refractivity contribution is 7.88. The van der Waals surface area contributed by atoms with Crippen molar-refractivity contribution in [2.75, 3.05) is 39.0 Å². The van der Waals surface area contributed by atoms with Gasteiger partial charge in [0.05, 0.1) is 6.26 Å². The molecule has 2 fully saturated rings. The van der Waals surface area contributed by atoms with Crippen LogP contribution in [0.15, 0.2) is 0 Å². The van der Waals surface area contributed by atoms with Crippen LogP contribution in [0.4, 0.5) is 9.59 Å². The van der Waals surface area contributed by atoms with Gasteiger partial charge in [-0.25, -0.2) is 22.3 Å². The molecule has 2 saturated heterocycles. The van der Waals surface area contributed by atoms with Crippen LogP contribution in [0.25, 0.3) is 0 Å². The Labute approximate surface area is 168 Å². The van der Waals surface area contributed by atoms with Crippen molar-refractivity contribution in [1.29, 1.82) is 0 Å². The normalized spacial score (nSPS) is 22.6. The summed E-state index contributed by atoms with van der Waals surface area (Å²) in [5, 5.41) is 5.80. The Morgan fingerprint density at radius 2 is 1.75 bits per heavy atom. The highest BCUT2D eigenvalue weighted by Gasteiger charge is 2.28. The SMILES string of the molecule is CC(C)(C)OC(=O)NC1CCCN(C(=O)NCC2CCN(S(C)(=O)=O)CC2)C1. The molecule has 1 unspecified atom stereocenters. The summed E-state index contributed by atoms with van der Waals surface area (Å²) in [5.74, 6) is 0.280. The zero-order valence-corrected chi connectivity index (χ0v) is 18.2. The molecule has 3 amide bonds. The second kappa shape index (κ2) is 9.30. The smallest absolute Gasteiger partial charge is 0.407 e. The van der Waals surface area contributed by atoms with E-state index in [1.807, 2.05) is 20.8 Å². The molecule has 9 nitrogen and oxygen atoms in total. The fourth-order valence-electron chi connectivity index (χ4n) is 3.54. The number of hydrogen-bond donors (Lipinski definition) is 2. The third-order valence-corrected chi connectivity index (χ3v) is 6.32. The molecule has 2 rings (SSSR count). The Morgan fingerprint density at radius 1 is 1.11 bits per heavy atom. The van der Waals surface area contributed by atoms with Crippen LogP contribution in [-0.4, -0.2) is 80.4 Å². The van der Waals surface area contributed by atoms with Gasteiger partial charge in [-0.2, -0.15) is 0 Å². The number of hydrogen-bond acceptors (Lipinski definition) is 5. The molecule has 0 radical (unpaired) electrons. The third kappa shape index (κ3) is 7.46. The van der Waals surface area contributed by atoms with Crippen LogP contribution in [0.3, 0.4) is 0 Å². The molecule has 0 saturated carbocycles. The number of piperidine rings is 2. The number of alkyl carbamates (subject to hydrolysis) is 1. The van der Waals surface area contributed by atoms with Crippen LogP contribution in [0, 0.1) is 5.92 Å². The molecule has 28 heavy (non-hydrogen) atoms. The molecule has 0 aromatic heterocycles. The second-order valence-corrected chi connectivity index (χ2v) is 10.7. The summed E-state index contributed by atoms with van der Waals surface area (Å²) < 4.78 is 29.9. The van der Waals surface area contributed by atoms with Gasteiger partial charge < -0.3 is 20.3 Å². The summed E-state index contributed by atoms with van der Waals surface area (Å²) in [4.78, 5) is 26.1. The standard InChI is InChI=1S/C18H34N4O5S/c1-18(2,3)27-17(24)20-15-6-5-9-21(13-15)16(23)19-12-14-7-10-22(11-8-14)28(4,25)26/h14-15H,5-13H2,1-4H3,(H,19,23)(H,20,24). The van der Waals surface area contributed by atoms with Gasteiger partial charge in [0.15, 0.2) is 0 Å². The molecule has 2 aliphatic rings. The Bertz CT molecular complexity index is 653. The van der Waals surface area contributed by atoms with Gasteiger partial charge in [-0.3, -0.25) is 0 Å². The Kier molecular flexibility index (Phi) is 7.55. The summed E-state index contributed by atoms with van der Waals surface area (Å²) in [6, 6.07) is -0.256. The maximum absolute atomic E-state index is 12.5. The number of amides is 3. The molecule has 162 valence electrons. The molecule has 2 N–H and O–H groups in total. The maximum Gasteiger partial charge on any atom is 0.407 e. The largest absolute Gasteiger partial charge is 0.444 e. The number of likely N-dealkylation sites (tertiary alicyclic amines) is 1. The Balaban J connectivity index is 1.73. The van der Waals surface area contributed by atoms with E-state index in [4.69, 9.17) is 4.74 Å². The van der Waals surface area contributed by atoms with Crippen molar-refractivity contribution >= 4 is 22.1 Å². The molecule has 0 aromatic rings. The number of nitrogens with one attached hydrogen (secondary N) is 2. The highest BCUT2D eigenvalue weighted by atomic mass is 32.2. The summed E-state index contributed by atoms with van der Waals surface area (Å²) in [6.07, 6.45) is 3.89. The van der Waals surface area contributed by atoms with Crippen molar-refractivity contribution in [1.82, 2.24) is 19.8 Å². The summed E-state index contributed by atoms with van der Waals surface area (Å²) in [7, 11) is -3.13. The monoisotopic (exact) mass is 418 g/mol. The zero-order chi connectivity index (χ0) is 20.9. The van der Waals surface area contributed by atoms with Crippen LogP contribution in [0.5, 0.6) is 0 Å². The van der Waals surface area contributed by atoms with Gasteiger partial charge in [-0.15, -0.1) is 0 Å². The van der Waals surface area contributed by atoms with E-state index < -0.39 is 21.7 Å². The lowest BCUT2D eigenvalue weighted by molar-refractivity contribution is 0.0479. The van der Waals surface area contributed by atoms with Gasteiger partial charge >= 0.3 is 12.1 Å². The van der Waals surface area contributed by atoms with E-state index >= 15 is 0 Å². The fraction of sp³-hybridized carbons (Fsp3) is 0.889. The lowest BCUT2D eigenvalue weighted by Crippen LogP contribution is -2.53. The van der Waals surface area contributed by atoms with Crippen LogP contribution in [0.1, 0.15) is 46.5 Å². The molecule has 0 spiro atoms. The predicted octanol–water partition coefficient (Wildman–Crippen LogP) is 1.36. The van der Waals surface area contributed by atoms with Crippen LogP contribution >= 0.6 is 0 Å². The molecule has 0 aromatic carbocycles. The quantitative estimate of drug-likeness (QED) is 0.717. The molecule has 0 aliphatic carbocycles. The van der Waals surface area contributed by atoms with E-state index in [9.17, 15) is 18.0 Å². The van der Waals surface area contributed by atoms with Crippen LogP contribution in [-0.2, 0) is 14.8 Å².